The van der Waals surface area contributed by atoms with Gasteiger partial charge in [-0.2, -0.15) is 0 Å². The molecule has 1 fully saturated rings. The van der Waals surface area contributed by atoms with Crippen LogP contribution in [-0.4, -0.2) is 29.8 Å². The number of rotatable bonds is 5. The molecule has 1 aromatic rings. The molecule has 1 aliphatic rings. The standard InChI is InChI=1S/C20H27FN2O2/c1-4-5-15(3)20(25)23-10-8-17(9-11-23)19(24)22-13-16-7-6-14(2)18(21)12-16/h5-7,12,17H,4,8-11,13H2,1-3H3,(H,22,24)/b15-5+. The first kappa shape index (κ1) is 19.2. The van der Waals surface area contributed by atoms with Crippen molar-refractivity contribution < 1.29 is 14.0 Å². The van der Waals surface area contributed by atoms with Crippen molar-refractivity contribution >= 4 is 11.8 Å². The highest BCUT2D eigenvalue weighted by molar-refractivity contribution is 5.93. The van der Waals surface area contributed by atoms with Crippen molar-refractivity contribution in [2.75, 3.05) is 13.1 Å². The van der Waals surface area contributed by atoms with Gasteiger partial charge in [0.2, 0.25) is 11.8 Å². The number of aryl methyl sites for hydroxylation is 1. The maximum Gasteiger partial charge on any atom is 0.249 e. The van der Waals surface area contributed by atoms with E-state index in [-0.39, 0.29) is 23.5 Å². The predicted octanol–water partition coefficient (Wildman–Crippen LogP) is 3.35. The van der Waals surface area contributed by atoms with Crippen LogP contribution in [0.4, 0.5) is 4.39 Å². The van der Waals surface area contributed by atoms with E-state index < -0.39 is 0 Å². The van der Waals surface area contributed by atoms with Crippen molar-refractivity contribution in [3.05, 3.63) is 46.8 Å². The maximum absolute atomic E-state index is 13.5. The molecule has 0 aromatic heterocycles. The summed E-state index contributed by atoms with van der Waals surface area (Å²) in [6.45, 7) is 7.09. The first-order valence-corrected chi connectivity index (χ1v) is 8.91. The SMILES string of the molecule is CC/C=C(\C)C(=O)N1CCC(C(=O)NCc2ccc(C)c(F)c2)CC1. The molecule has 25 heavy (non-hydrogen) atoms. The zero-order valence-corrected chi connectivity index (χ0v) is 15.3. The second-order valence-corrected chi connectivity index (χ2v) is 6.66. The lowest BCUT2D eigenvalue weighted by atomic mass is 9.95. The zero-order valence-electron chi connectivity index (χ0n) is 15.3. The van der Waals surface area contributed by atoms with Gasteiger partial charge in [0.05, 0.1) is 0 Å². The van der Waals surface area contributed by atoms with Crippen molar-refractivity contribution in [3.8, 4) is 0 Å². The molecule has 1 aromatic carbocycles. The third-order valence-corrected chi connectivity index (χ3v) is 4.70. The predicted molar refractivity (Wildman–Crippen MR) is 96.3 cm³/mol. The molecule has 0 bridgehead atoms. The number of piperidine rings is 1. The molecule has 1 saturated heterocycles. The summed E-state index contributed by atoms with van der Waals surface area (Å²) in [5.41, 5.74) is 2.12. The molecule has 0 radical (unpaired) electrons. The fraction of sp³-hybridized carbons (Fsp3) is 0.500. The Kier molecular flexibility index (Phi) is 6.73. The number of carbonyl (C=O) groups excluding carboxylic acids is 2. The summed E-state index contributed by atoms with van der Waals surface area (Å²) in [6.07, 6.45) is 4.11. The maximum atomic E-state index is 13.5. The molecule has 0 atom stereocenters. The summed E-state index contributed by atoms with van der Waals surface area (Å²) in [7, 11) is 0. The van der Waals surface area contributed by atoms with Crippen molar-refractivity contribution in [1.29, 1.82) is 0 Å². The average Bonchev–Trinajstić information content (AvgIpc) is 2.62. The molecule has 1 N–H and O–H groups in total. The fourth-order valence-corrected chi connectivity index (χ4v) is 3.07. The van der Waals surface area contributed by atoms with Crippen molar-refractivity contribution in [2.45, 2.75) is 46.6 Å². The Balaban J connectivity index is 1.82. The normalized spacial score (nSPS) is 16.0. The van der Waals surface area contributed by atoms with E-state index in [1.807, 2.05) is 30.9 Å². The van der Waals surface area contributed by atoms with Crippen molar-refractivity contribution in [1.82, 2.24) is 10.2 Å². The Morgan fingerprint density at radius 2 is 2.00 bits per heavy atom. The molecular weight excluding hydrogens is 319 g/mol. The number of amides is 2. The van der Waals surface area contributed by atoms with Crippen LogP contribution >= 0.6 is 0 Å². The van der Waals surface area contributed by atoms with Crippen molar-refractivity contribution in [2.24, 2.45) is 5.92 Å². The van der Waals surface area contributed by atoms with Gasteiger partial charge >= 0.3 is 0 Å². The Bertz CT molecular complexity index is 662. The molecule has 4 nitrogen and oxygen atoms in total. The van der Waals surface area contributed by atoms with Gasteiger partial charge in [0.15, 0.2) is 0 Å². The Labute approximate surface area is 149 Å². The largest absolute Gasteiger partial charge is 0.352 e. The van der Waals surface area contributed by atoms with Gasteiger partial charge in [-0.25, -0.2) is 4.39 Å². The van der Waals surface area contributed by atoms with Crippen LogP contribution in [0.3, 0.4) is 0 Å². The monoisotopic (exact) mass is 346 g/mol. The number of carbonyl (C=O) groups is 2. The van der Waals surface area contributed by atoms with E-state index in [0.717, 1.165) is 17.6 Å². The van der Waals surface area contributed by atoms with Gasteiger partial charge < -0.3 is 10.2 Å². The first-order chi connectivity index (χ1) is 11.9. The minimum absolute atomic E-state index is 0.0195. The van der Waals surface area contributed by atoms with Gasteiger partial charge in [-0.1, -0.05) is 25.1 Å². The van der Waals surface area contributed by atoms with Crippen LogP contribution in [0.2, 0.25) is 0 Å². The summed E-state index contributed by atoms with van der Waals surface area (Å²) in [4.78, 5) is 26.4. The number of nitrogens with one attached hydrogen (secondary N) is 1. The number of nitrogens with zero attached hydrogens (tertiary/aromatic N) is 1. The molecule has 0 aliphatic carbocycles. The molecule has 136 valence electrons. The lowest BCUT2D eigenvalue weighted by molar-refractivity contribution is -0.132. The summed E-state index contributed by atoms with van der Waals surface area (Å²) in [6, 6.07) is 5.00. The van der Waals surface area contributed by atoms with Crippen LogP contribution in [0.25, 0.3) is 0 Å². The lowest BCUT2D eigenvalue weighted by Gasteiger charge is -2.31. The van der Waals surface area contributed by atoms with Gasteiger partial charge in [0, 0.05) is 31.1 Å². The van der Waals surface area contributed by atoms with Gasteiger partial charge in [0.25, 0.3) is 0 Å². The van der Waals surface area contributed by atoms with Gasteiger partial charge in [-0.05, 0) is 50.3 Å². The van der Waals surface area contributed by atoms with E-state index in [4.69, 9.17) is 0 Å². The Morgan fingerprint density at radius 1 is 1.32 bits per heavy atom. The number of likely N-dealkylation sites (tertiary alicyclic amines) is 1. The Hall–Kier alpha value is -2.17. The van der Waals surface area contributed by atoms with Crippen LogP contribution < -0.4 is 5.32 Å². The topological polar surface area (TPSA) is 49.4 Å². The average molecular weight is 346 g/mol. The third kappa shape index (κ3) is 5.15. The molecule has 2 rings (SSSR count). The zero-order chi connectivity index (χ0) is 18.4. The molecule has 1 aliphatic heterocycles. The highest BCUT2D eigenvalue weighted by atomic mass is 19.1. The highest BCUT2D eigenvalue weighted by Crippen LogP contribution is 2.19. The molecule has 1 heterocycles. The van der Waals surface area contributed by atoms with Crippen LogP contribution in [0.5, 0.6) is 0 Å². The number of allylic oxidation sites excluding steroid dienone is 1. The minimum Gasteiger partial charge on any atom is -0.352 e. The van der Waals surface area contributed by atoms with E-state index in [9.17, 15) is 14.0 Å². The number of halogens is 1. The third-order valence-electron chi connectivity index (χ3n) is 4.70. The summed E-state index contributed by atoms with van der Waals surface area (Å²) < 4.78 is 13.5. The molecule has 2 amide bonds. The molecule has 0 saturated carbocycles. The molecule has 5 heteroatoms. The van der Waals surface area contributed by atoms with Crippen LogP contribution in [0.15, 0.2) is 29.8 Å². The van der Waals surface area contributed by atoms with Crippen LogP contribution in [0.1, 0.15) is 44.2 Å². The quantitative estimate of drug-likeness (QED) is 0.831. The van der Waals surface area contributed by atoms with Crippen molar-refractivity contribution in [3.63, 3.8) is 0 Å². The van der Waals surface area contributed by atoms with E-state index in [2.05, 4.69) is 5.32 Å². The van der Waals surface area contributed by atoms with E-state index >= 15 is 0 Å². The molecular formula is C20H27FN2O2. The second kappa shape index (κ2) is 8.79. The number of benzene rings is 1. The molecule has 0 unspecified atom stereocenters. The first-order valence-electron chi connectivity index (χ1n) is 8.91. The van der Waals surface area contributed by atoms with Crippen LogP contribution in [-0.2, 0) is 16.1 Å². The van der Waals surface area contributed by atoms with E-state index in [1.54, 1.807) is 13.0 Å². The molecule has 0 spiro atoms. The van der Waals surface area contributed by atoms with Gasteiger partial charge in [0.1, 0.15) is 5.82 Å². The Morgan fingerprint density at radius 3 is 2.60 bits per heavy atom. The number of hydrogen-bond acceptors (Lipinski definition) is 2. The second-order valence-electron chi connectivity index (χ2n) is 6.66. The van der Waals surface area contributed by atoms with Crippen LogP contribution in [0, 0.1) is 18.7 Å². The smallest absolute Gasteiger partial charge is 0.249 e. The summed E-state index contributed by atoms with van der Waals surface area (Å²) in [5.74, 6) is -0.298. The highest BCUT2D eigenvalue weighted by Gasteiger charge is 2.27. The summed E-state index contributed by atoms with van der Waals surface area (Å²) in [5, 5.41) is 2.88. The van der Waals surface area contributed by atoms with E-state index in [1.165, 1.54) is 6.07 Å². The lowest BCUT2D eigenvalue weighted by Crippen LogP contribution is -2.43. The fourth-order valence-electron chi connectivity index (χ4n) is 3.07. The van der Waals surface area contributed by atoms with Gasteiger partial charge in [-0.15, -0.1) is 0 Å². The van der Waals surface area contributed by atoms with Gasteiger partial charge in [-0.3, -0.25) is 9.59 Å². The summed E-state index contributed by atoms with van der Waals surface area (Å²) >= 11 is 0. The minimum atomic E-state index is -0.255. The van der Waals surface area contributed by atoms with E-state index in [0.29, 0.717) is 38.0 Å². The number of hydrogen-bond donors (Lipinski definition) is 1.